The van der Waals surface area contributed by atoms with Gasteiger partial charge in [0.1, 0.15) is 11.2 Å². The van der Waals surface area contributed by atoms with E-state index >= 15 is 0 Å². The molecule has 0 N–H and O–H groups in total. The Morgan fingerprint density at radius 1 is 1.12 bits per heavy atom. The second-order valence-electron chi connectivity index (χ2n) is 6.19. The fourth-order valence-corrected chi connectivity index (χ4v) is 3.10. The van der Waals surface area contributed by atoms with E-state index in [-0.39, 0.29) is 11.6 Å². The van der Waals surface area contributed by atoms with Gasteiger partial charge in [-0.1, -0.05) is 0 Å². The van der Waals surface area contributed by atoms with E-state index in [4.69, 9.17) is 9.47 Å². The average molecular weight is 354 g/mol. The molecule has 3 aromatic heterocycles. The van der Waals surface area contributed by atoms with Crippen LogP contribution in [-0.2, 0) is 4.74 Å². The monoisotopic (exact) mass is 354 g/mol. The van der Waals surface area contributed by atoms with Gasteiger partial charge < -0.3 is 9.47 Å². The summed E-state index contributed by atoms with van der Waals surface area (Å²) in [6.07, 6.45) is 1.69. The number of hydrogen-bond acceptors (Lipinski definition) is 6. The highest BCUT2D eigenvalue weighted by molar-refractivity contribution is 5.90. The molecule has 26 heavy (non-hydrogen) atoms. The largest absolute Gasteiger partial charge is 0.481 e. The van der Waals surface area contributed by atoms with Crippen molar-refractivity contribution in [2.24, 2.45) is 0 Å². The minimum absolute atomic E-state index is 0.122. The summed E-state index contributed by atoms with van der Waals surface area (Å²) in [6, 6.07) is 5.39. The first-order chi connectivity index (χ1) is 12.5. The maximum atomic E-state index is 12.7. The third-order valence-electron chi connectivity index (χ3n) is 4.34. The minimum atomic E-state index is -0.123. The molecule has 0 amide bonds. The normalized spacial score (nSPS) is 12.3. The lowest BCUT2D eigenvalue weighted by atomic mass is 10.1. The Labute approximate surface area is 151 Å². The summed E-state index contributed by atoms with van der Waals surface area (Å²) in [6.45, 7) is 5.99. The highest BCUT2D eigenvalue weighted by Crippen LogP contribution is 2.28. The number of methoxy groups -OCH3 is 2. The quantitative estimate of drug-likeness (QED) is 0.701. The van der Waals surface area contributed by atoms with E-state index < -0.39 is 0 Å². The topological polar surface area (TPSA) is 79.1 Å². The summed E-state index contributed by atoms with van der Waals surface area (Å²) in [5.74, 6) is 0.543. The number of nitrogens with zero attached hydrogens (tertiary/aromatic N) is 4. The molecule has 3 heterocycles. The summed E-state index contributed by atoms with van der Waals surface area (Å²) in [4.78, 5) is 26.2. The third kappa shape index (κ3) is 3.06. The number of ether oxygens (including phenoxy) is 2. The summed E-state index contributed by atoms with van der Waals surface area (Å²) >= 11 is 0. The molecule has 0 aliphatic carbocycles. The van der Waals surface area contributed by atoms with Gasteiger partial charge in [-0.05, 0) is 32.9 Å². The first kappa shape index (κ1) is 18.0. The molecular formula is C19H22N4O3. The second-order valence-corrected chi connectivity index (χ2v) is 6.19. The molecule has 0 spiro atoms. The molecule has 0 fully saturated rings. The van der Waals surface area contributed by atoms with Crippen LogP contribution in [0.4, 0.5) is 0 Å². The second kappa shape index (κ2) is 7.21. The van der Waals surface area contributed by atoms with E-state index in [1.54, 1.807) is 38.0 Å². The Bertz CT molecular complexity index is 1010. The number of hydrogen-bond donors (Lipinski definition) is 0. The number of rotatable bonds is 5. The molecule has 3 rings (SSSR count). The predicted molar refractivity (Wildman–Crippen MR) is 99.6 cm³/mol. The van der Waals surface area contributed by atoms with Gasteiger partial charge in [-0.15, -0.1) is 0 Å². The van der Waals surface area contributed by atoms with Gasteiger partial charge in [-0.25, -0.2) is 9.97 Å². The SMILES string of the molecule is COC[C@@H](C)n1c(=O)c(C)nc2c(-c3ccc(OC)nc3C)nccc21. The molecule has 3 aromatic rings. The van der Waals surface area contributed by atoms with Crippen LogP contribution >= 0.6 is 0 Å². The van der Waals surface area contributed by atoms with E-state index in [1.807, 2.05) is 26.0 Å². The van der Waals surface area contributed by atoms with Gasteiger partial charge in [0.15, 0.2) is 0 Å². The maximum absolute atomic E-state index is 12.7. The molecule has 0 saturated carbocycles. The van der Waals surface area contributed by atoms with Crippen LogP contribution < -0.4 is 10.3 Å². The minimum Gasteiger partial charge on any atom is -0.481 e. The smallest absolute Gasteiger partial charge is 0.272 e. The molecule has 1 atom stereocenters. The van der Waals surface area contributed by atoms with Crippen molar-refractivity contribution in [3.05, 3.63) is 46.1 Å². The van der Waals surface area contributed by atoms with Crippen LogP contribution in [0.5, 0.6) is 5.88 Å². The molecule has 0 saturated heterocycles. The van der Waals surface area contributed by atoms with Crippen molar-refractivity contribution in [3.63, 3.8) is 0 Å². The van der Waals surface area contributed by atoms with Crippen molar-refractivity contribution in [1.82, 2.24) is 19.5 Å². The maximum Gasteiger partial charge on any atom is 0.272 e. The van der Waals surface area contributed by atoms with Crippen LogP contribution in [0.15, 0.2) is 29.2 Å². The molecule has 0 aliphatic heterocycles. The molecule has 0 unspecified atom stereocenters. The van der Waals surface area contributed by atoms with E-state index in [0.717, 1.165) is 16.8 Å². The van der Waals surface area contributed by atoms with Crippen LogP contribution in [-0.4, -0.2) is 40.3 Å². The molecule has 136 valence electrons. The van der Waals surface area contributed by atoms with Gasteiger partial charge in [0.2, 0.25) is 5.88 Å². The lowest BCUT2D eigenvalue weighted by Gasteiger charge is -2.18. The highest BCUT2D eigenvalue weighted by atomic mass is 16.5. The Hall–Kier alpha value is -2.80. The Morgan fingerprint density at radius 3 is 2.54 bits per heavy atom. The van der Waals surface area contributed by atoms with E-state index in [9.17, 15) is 4.79 Å². The molecule has 0 aromatic carbocycles. The van der Waals surface area contributed by atoms with E-state index in [2.05, 4.69) is 15.0 Å². The van der Waals surface area contributed by atoms with Crippen LogP contribution in [0, 0.1) is 13.8 Å². The molecule has 7 heteroatoms. The summed E-state index contributed by atoms with van der Waals surface area (Å²) in [5, 5.41) is 0. The van der Waals surface area contributed by atoms with Crippen molar-refractivity contribution in [2.45, 2.75) is 26.8 Å². The van der Waals surface area contributed by atoms with Crippen LogP contribution in [0.1, 0.15) is 24.4 Å². The van der Waals surface area contributed by atoms with Gasteiger partial charge in [-0.2, -0.15) is 0 Å². The van der Waals surface area contributed by atoms with Crippen LogP contribution in [0.2, 0.25) is 0 Å². The Balaban J connectivity index is 2.31. The molecular weight excluding hydrogens is 332 g/mol. The van der Waals surface area contributed by atoms with Gasteiger partial charge >= 0.3 is 0 Å². The van der Waals surface area contributed by atoms with Crippen LogP contribution in [0.25, 0.3) is 22.3 Å². The van der Waals surface area contributed by atoms with Crippen molar-refractivity contribution in [1.29, 1.82) is 0 Å². The fourth-order valence-electron chi connectivity index (χ4n) is 3.10. The lowest BCUT2D eigenvalue weighted by Crippen LogP contribution is -2.29. The fraction of sp³-hybridized carbons (Fsp3) is 0.368. The van der Waals surface area contributed by atoms with Crippen molar-refractivity contribution < 1.29 is 9.47 Å². The van der Waals surface area contributed by atoms with Crippen LogP contribution in [0.3, 0.4) is 0 Å². The van der Waals surface area contributed by atoms with Gasteiger partial charge in [0.05, 0.1) is 36.7 Å². The predicted octanol–water partition coefficient (Wildman–Crippen LogP) is 2.69. The van der Waals surface area contributed by atoms with E-state index in [1.165, 1.54) is 0 Å². The molecule has 0 radical (unpaired) electrons. The summed E-state index contributed by atoms with van der Waals surface area (Å²) in [7, 11) is 3.20. The molecule has 0 bridgehead atoms. The zero-order chi connectivity index (χ0) is 18.8. The van der Waals surface area contributed by atoms with Crippen molar-refractivity contribution in [2.75, 3.05) is 20.8 Å². The van der Waals surface area contributed by atoms with Gasteiger partial charge in [0, 0.05) is 24.9 Å². The third-order valence-corrected chi connectivity index (χ3v) is 4.34. The zero-order valence-electron chi connectivity index (χ0n) is 15.6. The summed E-state index contributed by atoms with van der Waals surface area (Å²) in [5.41, 5.74) is 4.03. The number of pyridine rings is 2. The first-order valence-electron chi connectivity index (χ1n) is 8.36. The van der Waals surface area contributed by atoms with Crippen molar-refractivity contribution in [3.8, 4) is 17.1 Å². The summed E-state index contributed by atoms with van der Waals surface area (Å²) < 4.78 is 12.1. The number of fused-ring (bicyclic) bond motifs is 1. The Morgan fingerprint density at radius 2 is 1.88 bits per heavy atom. The Kier molecular flexibility index (Phi) is 4.99. The average Bonchev–Trinajstić information content (AvgIpc) is 2.62. The van der Waals surface area contributed by atoms with Gasteiger partial charge in [-0.3, -0.25) is 14.3 Å². The highest BCUT2D eigenvalue weighted by Gasteiger charge is 2.18. The molecule has 0 aliphatic rings. The lowest BCUT2D eigenvalue weighted by molar-refractivity contribution is 0.162. The number of aryl methyl sites for hydroxylation is 2. The van der Waals surface area contributed by atoms with E-state index in [0.29, 0.717) is 29.4 Å². The first-order valence-corrected chi connectivity index (χ1v) is 8.36. The standard InChI is InChI=1S/C19H22N4O3/c1-11(10-25-4)23-15-8-9-20-17(18(15)22-13(3)19(23)24)14-6-7-16(26-5)21-12(14)2/h6-9,11H,10H2,1-5H3/t11-/m1/s1. The molecule has 7 nitrogen and oxygen atoms in total. The zero-order valence-corrected chi connectivity index (χ0v) is 15.6. The number of aromatic nitrogens is 4. The van der Waals surface area contributed by atoms with Crippen molar-refractivity contribution >= 4 is 11.0 Å². The van der Waals surface area contributed by atoms with Gasteiger partial charge in [0.25, 0.3) is 5.56 Å².